The first-order chi connectivity index (χ1) is 14.3. The largest absolute Gasteiger partial charge is 0.341 e. The molecule has 0 radical (unpaired) electrons. The molecule has 2 N–H and O–H groups in total. The molecule has 0 bridgehead atoms. The van der Waals surface area contributed by atoms with Crippen molar-refractivity contribution < 1.29 is 0 Å². The predicted molar refractivity (Wildman–Crippen MR) is 126 cm³/mol. The summed E-state index contributed by atoms with van der Waals surface area (Å²) in [4.78, 5) is 12.5. The molecule has 1 saturated heterocycles. The molecule has 0 spiro atoms. The van der Waals surface area contributed by atoms with Gasteiger partial charge < -0.3 is 10.6 Å². The second-order valence-corrected chi connectivity index (χ2v) is 10.7. The molecule has 2 unspecified atom stereocenters. The Balaban J connectivity index is 1.74. The number of anilines is 1. The van der Waals surface area contributed by atoms with E-state index in [0.29, 0.717) is 23.2 Å². The lowest BCUT2D eigenvalue weighted by molar-refractivity contribution is 0.452. The Labute approximate surface area is 182 Å². The third-order valence-corrected chi connectivity index (χ3v) is 7.29. The lowest BCUT2D eigenvalue weighted by Crippen LogP contribution is -2.40. The highest BCUT2D eigenvalue weighted by molar-refractivity contribution is 6.14. The van der Waals surface area contributed by atoms with Gasteiger partial charge in [0.05, 0.1) is 6.20 Å². The minimum Gasteiger partial charge on any atom is -0.341 e. The molecule has 3 heterocycles. The molecule has 2 aromatic rings. The maximum absolute atomic E-state index is 6.15. The third-order valence-electron chi connectivity index (χ3n) is 7.29. The molecular formula is C23H39BN6. The molecule has 4 rings (SSSR count). The normalized spacial score (nSPS) is 27.2. The van der Waals surface area contributed by atoms with Gasteiger partial charge in [-0.3, -0.25) is 0 Å². The van der Waals surface area contributed by atoms with Gasteiger partial charge >= 0.3 is 0 Å². The van der Waals surface area contributed by atoms with Crippen LogP contribution in [0.1, 0.15) is 102 Å². The Hall–Kier alpha value is -1.63. The van der Waals surface area contributed by atoms with Crippen LogP contribution in [0.15, 0.2) is 6.20 Å². The van der Waals surface area contributed by atoms with Crippen molar-refractivity contribution >= 4 is 19.4 Å². The minimum atomic E-state index is 0.308. The maximum atomic E-state index is 6.15. The van der Waals surface area contributed by atoms with Crippen LogP contribution in [0.5, 0.6) is 0 Å². The van der Waals surface area contributed by atoms with Gasteiger partial charge in [0.15, 0.2) is 5.65 Å². The summed E-state index contributed by atoms with van der Waals surface area (Å²) in [5.74, 6) is 2.84. The van der Waals surface area contributed by atoms with E-state index in [1.165, 1.54) is 50.5 Å². The summed E-state index contributed by atoms with van der Waals surface area (Å²) in [6.07, 6.45) is 12.9. The molecule has 2 aromatic heterocycles. The molecule has 164 valence electrons. The zero-order chi connectivity index (χ0) is 21.3. The van der Waals surface area contributed by atoms with Crippen molar-refractivity contribution in [2.45, 2.75) is 102 Å². The van der Waals surface area contributed by atoms with Crippen molar-refractivity contribution in [2.75, 3.05) is 18.0 Å². The van der Waals surface area contributed by atoms with Crippen LogP contribution in [-0.2, 0) is 0 Å². The van der Waals surface area contributed by atoms with Crippen LogP contribution in [0.2, 0.25) is 5.31 Å². The number of piperidine rings is 1. The van der Waals surface area contributed by atoms with Crippen LogP contribution in [0.25, 0.3) is 5.65 Å². The molecule has 2 atom stereocenters. The van der Waals surface area contributed by atoms with E-state index in [2.05, 4.69) is 38.0 Å². The summed E-state index contributed by atoms with van der Waals surface area (Å²) in [6, 6.07) is 0.308. The van der Waals surface area contributed by atoms with E-state index in [1.54, 1.807) is 0 Å². The fourth-order valence-corrected chi connectivity index (χ4v) is 5.08. The summed E-state index contributed by atoms with van der Waals surface area (Å²) >= 11 is 0. The monoisotopic (exact) mass is 410 g/mol. The molecule has 2 aliphatic rings. The van der Waals surface area contributed by atoms with Crippen LogP contribution in [0.4, 0.5) is 5.95 Å². The van der Waals surface area contributed by atoms with Crippen LogP contribution in [-0.4, -0.2) is 46.6 Å². The first-order valence-electron chi connectivity index (χ1n) is 12.1. The van der Waals surface area contributed by atoms with Crippen LogP contribution >= 0.6 is 0 Å². The van der Waals surface area contributed by atoms with Gasteiger partial charge in [-0.1, -0.05) is 58.2 Å². The number of aromatic nitrogens is 4. The standard InChI is InChI=1S/C23H39BN6/c1-16(2)19-15-26-30-20(17-7-5-4-6-11-23(3,24)12-8-17)27-22(28-21(19)30)29-13-9-18(25)10-14-29/h15-18H,4-14,24-25H2,1-3H3. The Bertz CT molecular complexity index is 853. The van der Waals surface area contributed by atoms with Crippen LogP contribution in [0, 0.1) is 0 Å². The van der Waals surface area contributed by atoms with Gasteiger partial charge in [-0.05, 0) is 31.6 Å². The fourth-order valence-electron chi connectivity index (χ4n) is 5.08. The molecule has 1 aliphatic heterocycles. The van der Waals surface area contributed by atoms with Crippen molar-refractivity contribution in [3.63, 3.8) is 0 Å². The molecule has 0 aromatic carbocycles. The number of rotatable bonds is 3. The number of nitrogens with two attached hydrogens (primary N) is 1. The lowest BCUT2D eigenvalue weighted by Gasteiger charge is -2.31. The highest BCUT2D eigenvalue weighted by Crippen LogP contribution is 2.40. The summed E-state index contributed by atoms with van der Waals surface area (Å²) in [5.41, 5.74) is 8.37. The van der Waals surface area contributed by atoms with Gasteiger partial charge in [0, 0.05) is 30.6 Å². The smallest absolute Gasteiger partial charge is 0.229 e. The summed E-state index contributed by atoms with van der Waals surface area (Å²) in [5, 5.41) is 5.19. The van der Waals surface area contributed by atoms with Crippen molar-refractivity contribution in [2.24, 2.45) is 5.73 Å². The zero-order valence-corrected chi connectivity index (χ0v) is 19.4. The summed E-state index contributed by atoms with van der Waals surface area (Å²) < 4.78 is 2.06. The highest BCUT2D eigenvalue weighted by Gasteiger charge is 2.28. The predicted octanol–water partition coefficient (Wildman–Crippen LogP) is 3.81. The first-order valence-corrected chi connectivity index (χ1v) is 12.1. The van der Waals surface area contributed by atoms with Crippen molar-refractivity contribution in [1.82, 2.24) is 19.6 Å². The molecular weight excluding hydrogens is 371 g/mol. The molecule has 0 amide bonds. The molecule has 1 saturated carbocycles. The van der Waals surface area contributed by atoms with Crippen molar-refractivity contribution in [3.8, 4) is 0 Å². The molecule has 6 nitrogen and oxygen atoms in total. The van der Waals surface area contributed by atoms with Gasteiger partial charge in [0.25, 0.3) is 0 Å². The van der Waals surface area contributed by atoms with Gasteiger partial charge in [0.2, 0.25) is 5.95 Å². The number of fused-ring (bicyclic) bond motifs is 1. The van der Waals surface area contributed by atoms with E-state index < -0.39 is 0 Å². The van der Waals surface area contributed by atoms with E-state index in [9.17, 15) is 0 Å². The number of hydrogen-bond acceptors (Lipinski definition) is 5. The van der Waals surface area contributed by atoms with E-state index in [-0.39, 0.29) is 0 Å². The van der Waals surface area contributed by atoms with E-state index in [1.807, 2.05) is 6.20 Å². The Morgan fingerprint density at radius 1 is 1.07 bits per heavy atom. The van der Waals surface area contributed by atoms with Crippen molar-refractivity contribution in [1.29, 1.82) is 0 Å². The molecule has 7 heteroatoms. The van der Waals surface area contributed by atoms with Gasteiger partial charge in [0.1, 0.15) is 13.7 Å². The molecule has 30 heavy (non-hydrogen) atoms. The van der Waals surface area contributed by atoms with Crippen LogP contribution in [0.3, 0.4) is 0 Å². The zero-order valence-electron chi connectivity index (χ0n) is 19.4. The van der Waals surface area contributed by atoms with Gasteiger partial charge in [-0.25, -0.2) is 4.52 Å². The SMILES string of the molecule is BC1(C)CCCCCC(c2nc(N3CCC(N)CC3)nc3c(C(C)C)cnn23)CC1. The van der Waals surface area contributed by atoms with E-state index in [0.717, 1.165) is 43.4 Å². The Morgan fingerprint density at radius 3 is 2.57 bits per heavy atom. The summed E-state index contributed by atoms with van der Waals surface area (Å²) in [6.45, 7) is 8.76. The number of nitrogens with zero attached hydrogens (tertiary/aromatic N) is 5. The molecule has 2 fully saturated rings. The minimum absolute atomic E-state index is 0.308. The Morgan fingerprint density at radius 2 is 1.83 bits per heavy atom. The quantitative estimate of drug-likeness (QED) is 0.779. The maximum Gasteiger partial charge on any atom is 0.229 e. The highest BCUT2D eigenvalue weighted by atomic mass is 15.4. The lowest BCUT2D eigenvalue weighted by atomic mass is 9.64. The van der Waals surface area contributed by atoms with Gasteiger partial charge in [-0.2, -0.15) is 15.1 Å². The van der Waals surface area contributed by atoms with E-state index in [4.69, 9.17) is 20.8 Å². The van der Waals surface area contributed by atoms with Gasteiger partial charge in [-0.15, -0.1) is 0 Å². The third kappa shape index (κ3) is 4.66. The van der Waals surface area contributed by atoms with Crippen molar-refractivity contribution in [3.05, 3.63) is 17.6 Å². The van der Waals surface area contributed by atoms with Crippen LogP contribution < -0.4 is 10.6 Å². The fraction of sp³-hybridized carbons (Fsp3) is 0.783. The Kier molecular flexibility index (Phi) is 6.38. The number of hydrogen-bond donors (Lipinski definition) is 1. The summed E-state index contributed by atoms with van der Waals surface area (Å²) in [7, 11) is 2.43. The topological polar surface area (TPSA) is 72.3 Å². The molecule has 1 aliphatic carbocycles. The van der Waals surface area contributed by atoms with E-state index >= 15 is 0 Å². The first kappa shape index (κ1) is 21.6. The average molecular weight is 410 g/mol. The second-order valence-electron chi connectivity index (χ2n) is 10.7. The average Bonchev–Trinajstić information content (AvgIpc) is 3.16. The second kappa shape index (κ2) is 8.85.